The predicted octanol–water partition coefficient (Wildman–Crippen LogP) is -0.177. The summed E-state index contributed by atoms with van der Waals surface area (Å²) >= 11 is 0. The molecule has 0 aliphatic carbocycles. The Kier molecular flexibility index (Phi) is 7.16. The molecule has 1 aliphatic rings. The van der Waals surface area contributed by atoms with Gasteiger partial charge in [0, 0.05) is 32.1 Å². The summed E-state index contributed by atoms with van der Waals surface area (Å²) < 4.78 is 5.30. The number of nitrogens with one attached hydrogen (secondary N) is 2. The lowest BCUT2D eigenvalue weighted by atomic mass is 10.2. The third-order valence-corrected chi connectivity index (χ3v) is 3.09. The van der Waals surface area contributed by atoms with Gasteiger partial charge in [-0.05, 0) is 26.9 Å². The Bertz CT molecular complexity index is 218. The summed E-state index contributed by atoms with van der Waals surface area (Å²) in [6.07, 6.45) is 1.50. The van der Waals surface area contributed by atoms with Crippen molar-refractivity contribution >= 4 is 5.91 Å². The minimum atomic E-state index is 0.153. The molecular formula is C12H25N3O2. The lowest BCUT2D eigenvalue weighted by Gasteiger charge is -2.32. The van der Waals surface area contributed by atoms with Gasteiger partial charge in [-0.15, -0.1) is 0 Å². The van der Waals surface area contributed by atoms with Crippen molar-refractivity contribution in [3.63, 3.8) is 0 Å². The summed E-state index contributed by atoms with van der Waals surface area (Å²) in [5.41, 5.74) is 0. The molecular weight excluding hydrogens is 218 g/mol. The molecule has 1 atom stereocenters. The maximum atomic E-state index is 11.5. The lowest BCUT2D eigenvalue weighted by Crippen LogP contribution is -2.47. The van der Waals surface area contributed by atoms with Gasteiger partial charge in [0.2, 0.25) is 5.91 Å². The van der Waals surface area contributed by atoms with Crippen molar-refractivity contribution < 1.29 is 9.53 Å². The Morgan fingerprint density at radius 1 is 1.41 bits per heavy atom. The van der Waals surface area contributed by atoms with Crippen LogP contribution in [0.25, 0.3) is 0 Å². The van der Waals surface area contributed by atoms with Crippen LogP contribution in [0.3, 0.4) is 0 Å². The standard InChI is InChI=1S/C12H25N3O2/c1-11(15-6-8-17-9-7-15)10-14-12(16)4-3-5-13-2/h11,13H,3-10H2,1-2H3,(H,14,16). The summed E-state index contributed by atoms with van der Waals surface area (Å²) in [6.45, 7) is 7.33. The number of hydrogen-bond acceptors (Lipinski definition) is 4. The van der Waals surface area contributed by atoms with E-state index in [0.29, 0.717) is 12.5 Å². The van der Waals surface area contributed by atoms with E-state index in [9.17, 15) is 4.79 Å². The van der Waals surface area contributed by atoms with Gasteiger partial charge >= 0.3 is 0 Å². The number of ether oxygens (including phenoxy) is 1. The number of morpholine rings is 1. The molecule has 0 aromatic rings. The molecule has 1 saturated heterocycles. The van der Waals surface area contributed by atoms with Crippen LogP contribution in [0.1, 0.15) is 19.8 Å². The Hall–Kier alpha value is -0.650. The van der Waals surface area contributed by atoms with E-state index >= 15 is 0 Å². The van der Waals surface area contributed by atoms with Crippen molar-refractivity contribution in [1.29, 1.82) is 0 Å². The van der Waals surface area contributed by atoms with Crippen molar-refractivity contribution in [1.82, 2.24) is 15.5 Å². The molecule has 0 saturated carbocycles. The first kappa shape index (κ1) is 14.4. The molecule has 0 aromatic heterocycles. The van der Waals surface area contributed by atoms with Crippen molar-refractivity contribution in [2.45, 2.75) is 25.8 Å². The van der Waals surface area contributed by atoms with Gasteiger partial charge in [0.1, 0.15) is 0 Å². The van der Waals surface area contributed by atoms with Crippen LogP contribution in [0.5, 0.6) is 0 Å². The highest BCUT2D eigenvalue weighted by molar-refractivity contribution is 5.75. The monoisotopic (exact) mass is 243 g/mol. The molecule has 0 spiro atoms. The van der Waals surface area contributed by atoms with E-state index in [1.165, 1.54) is 0 Å². The van der Waals surface area contributed by atoms with Crippen molar-refractivity contribution in [3.8, 4) is 0 Å². The van der Waals surface area contributed by atoms with Crippen LogP contribution in [-0.2, 0) is 9.53 Å². The van der Waals surface area contributed by atoms with E-state index in [1.807, 2.05) is 7.05 Å². The molecule has 1 aliphatic heterocycles. The number of hydrogen-bond donors (Lipinski definition) is 2. The second-order valence-electron chi connectivity index (χ2n) is 4.51. The van der Waals surface area contributed by atoms with Crippen molar-refractivity contribution in [2.75, 3.05) is 46.4 Å². The second kappa shape index (κ2) is 8.44. The van der Waals surface area contributed by atoms with E-state index in [1.54, 1.807) is 0 Å². The molecule has 100 valence electrons. The van der Waals surface area contributed by atoms with Crippen LogP contribution in [0.15, 0.2) is 0 Å². The largest absolute Gasteiger partial charge is 0.379 e. The molecule has 1 rings (SSSR count). The Morgan fingerprint density at radius 3 is 2.76 bits per heavy atom. The third kappa shape index (κ3) is 6.00. The Labute approximate surface area is 104 Å². The van der Waals surface area contributed by atoms with Gasteiger partial charge in [-0.1, -0.05) is 0 Å². The van der Waals surface area contributed by atoms with Gasteiger partial charge in [-0.3, -0.25) is 9.69 Å². The minimum Gasteiger partial charge on any atom is -0.379 e. The highest BCUT2D eigenvalue weighted by Crippen LogP contribution is 2.02. The van der Waals surface area contributed by atoms with Gasteiger partial charge in [0.05, 0.1) is 13.2 Å². The van der Waals surface area contributed by atoms with Gasteiger partial charge in [-0.25, -0.2) is 0 Å². The van der Waals surface area contributed by atoms with Gasteiger partial charge in [0.15, 0.2) is 0 Å². The molecule has 1 amide bonds. The number of carbonyl (C=O) groups excluding carboxylic acids is 1. The van der Waals surface area contributed by atoms with Crippen LogP contribution in [0.4, 0.5) is 0 Å². The summed E-state index contributed by atoms with van der Waals surface area (Å²) in [6, 6.07) is 0.396. The van der Waals surface area contributed by atoms with Gasteiger partial charge in [0.25, 0.3) is 0 Å². The fraction of sp³-hybridized carbons (Fsp3) is 0.917. The quantitative estimate of drug-likeness (QED) is 0.609. The second-order valence-corrected chi connectivity index (χ2v) is 4.51. The van der Waals surface area contributed by atoms with Gasteiger partial charge in [-0.2, -0.15) is 0 Å². The Balaban J connectivity index is 2.09. The molecule has 5 heteroatoms. The molecule has 1 fully saturated rings. The first-order chi connectivity index (χ1) is 8.24. The highest BCUT2D eigenvalue weighted by Gasteiger charge is 2.17. The first-order valence-electron chi connectivity index (χ1n) is 6.47. The average molecular weight is 243 g/mol. The van der Waals surface area contributed by atoms with Crippen LogP contribution in [0, 0.1) is 0 Å². The average Bonchev–Trinajstić information content (AvgIpc) is 2.37. The molecule has 17 heavy (non-hydrogen) atoms. The van der Waals surface area contributed by atoms with E-state index in [4.69, 9.17) is 4.74 Å². The molecule has 5 nitrogen and oxygen atoms in total. The predicted molar refractivity (Wildman–Crippen MR) is 68.0 cm³/mol. The van der Waals surface area contributed by atoms with E-state index < -0.39 is 0 Å². The summed E-state index contributed by atoms with van der Waals surface area (Å²) in [7, 11) is 1.90. The van der Waals surface area contributed by atoms with E-state index in [0.717, 1.165) is 45.8 Å². The smallest absolute Gasteiger partial charge is 0.220 e. The molecule has 1 heterocycles. The van der Waals surface area contributed by atoms with Crippen LogP contribution in [0.2, 0.25) is 0 Å². The molecule has 0 bridgehead atoms. The number of nitrogens with zero attached hydrogens (tertiary/aromatic N) is 1. The molecule has 1 unspecified atom stereocenters. The van der Waals surface area contributed by atoms with Crippen molar-refractivity contribution in [2.24, 2.45) is 0 Å². The zero-order valence-corrected chi connectivity index (χ0v) is 11.0. The Morgan fingerprint density at radius 2 is 2.12 bits per heavy atom. The summed E-state index contributed by atoms with van der Waals surface area (Å²) in [4.78, 5) is 13.9. The maximum Gasteiger partial charge on any atom is 0.220 e. The molecule has 0 aromatic carbocycles. The zero-order valence-electron chi connectivity index (χ0n) is 11.0. The van der Waals surface area contributed by atoms with Crippen LogP contribution < -0.4 is 10.6 Å². The number of carbonyl (C=O) groups is 1. The zero-order chi connectivity index (χ0) is 12.5. The van der Waals surface area contributed by atoms with E-state index in [2.05, 4.69) is 22.5 Å². The lowest BCUT2D eigenvalue weighted by molar-refractivity contribution is -0.121. The maximum absolute atomic E-state index is 11.5. The first-order valence-corrected chi connectivity index (χ1v) is 6.47. The summed E-state index contributed by atoms with van der Waals surface area (Å²) in [5.74, 6) is 0.153. The number of amides is 1. The molecule has 0 radical (unpaired) electrons. The normalized spacial score (nSPS) is 18.9. The fourth-order valence-electron chi connectivity index (χ4n) is 1.92. The van der Waals surface area contributed by atoms with Crippen molar-refractivity contribution in [3.05, 3.63) is 0 Å². The fourth-order valence-corrected chi connectivity index (χ4v) is 1.92. The van der Waals surface area contributed by atoms with Crippen LogP contribution >= 0.6 is 0 Å². The van der Waals surface area contributed by atoms with E-state index in [-0.39, 0.29) is 5.91 Å². The topological polar surface area (TPSA) is 53.6 Å². The number of rotatable bonds is 7. The minimum absolute atomic E-state index is 0.153. The molecule has 2 N–H and O–H groups in total. The highest BCUT2D eigenvalue weighted by atomic mass is 16.5. The summed E-state index contributed by atoms with van der Waals surface area (Å²) in [5, 5.41) is 6.03. The SMILES string of the molecule is CNCCCC(=O)NCC(C)N1CCOCC1. The van der Waals surface area contributed by atoms with Crippen LogP contribution in [-0.4, -0.2) is 63.3 Å². The third-order valence-electron chi connectivity index (χ3n) is 3.09. The van der Waals surface area contributed by atoms with Gasteiger partial charge < -0.3 is 15.4 Å².